The van der Waals surface area contributed by atoms with Crippen LogP contribution in [0.3, 0.4) is 0 Å². The first-order valence-electron chi connectivity index (χ1n) is 7.59. The molecule has 2 saturated carbocycles. The van der Waals surface area contributed by atoms with Crippen LogP contribution in [0.1, 0.15) is 64.7 Å². The number of hydrogen-bond acceptors (Lipinski definition) is 2. The standard InChI is InChI=1S/C15H25NO3/c1-11-7-9-15(10-8-11,14(18)19)16-13(17)12-5-3-2-4-6-12/h11-12H,2-10H2,1H3,(H,16,17)(H,18,19). The second-order valence-corrected chi connectivity index (χ2v) is 6.39. The summed E-state index contributed by atoms with van der Waals surface area (Å²) in [6, 6.07) is 0. The maximum atomic E-state index is 12.3. The van der Waals surface area contributed by atoms with Gasteiger partial charge >= 0.3 is 5.97 Å². The number of rotatable bonds is 3. The molecule has 0 atom stereocenters. The van der Waals surface area contributed by atoms with Crippen molar-refractivity contribution in [2.45, 2.75) is 70.3 Å². The molecule has 2 rings (SSSR count). The number of aliphatic carboxylic acids is 1. The van der Waals surface area contributed by atoms with Gasteiger partial charge in [0.15, 0.2) is 0 Å². The molecule has 0 aromatic heterocycles. The normalized spacial score (nSPS) is 32.8. The summed E-state index contributed by atoms with van der Waals surface area (Å²) >= 11 is 0. The van der Waals surface area contributed by atoms with Crippen LogP contribution in [0, 0.1) is 11.8 Å². The lowest BCUT2D eigenvalue weighted by Gasteiger charge is -2.37. The quantitative estimate of drug-likeness (QED) is 0.826. The zero-order chi connectivity index (χ0) is 13.9. The number of hydrogen-bond donors (Lipinski definition) is 2. The highest BCUT2D eigenvalue weighted by Gasteiger charge is 2.43. The molecule has 0 radical (unpaired) electrons. The van der Waals surface area contributed by atoms with E-state index in [9.17, 15) is 14.7 Å². The third-order valence-electron chi connectivity index (χ3n) is 4.88. The van der Waals surface area contributed by atoms with Gasteiger partial charge < -0.3 is 10.4 Å². The maximum Gasteiger partial charge on any atom is 0.329 e. The number of nitrogens with one attached hydrogen (secondary N) is 1. The molecular weight excluding hydrogens is 242 g/mol. The predicted molar refractivity (Wildman–Crippen MR) is 72.7 cm³/mol. The third kappa shape index (κ3) is 3.28. The zero-order valence-corrected chi connectivity index (χ0v) is 11.8. The maximum absolute atomic E-state index is 12.3. The van der Waals surface area contributed by atoms with E-state index >= 15 is 0 Å². The second kappa shape index (κ2) is 5.93. The molecule has 4 nitrogen and oxygen atoms in total. The number of carboxylic acids is 1. The van der Waals surface area contributed by atoms with Crippen LogP contribution in [0.4, 0.5) is 0 Å². The highest BCUT2D eigenvalue weighted by atomic mass is 16.4. The summed E-state index contributed by atoms with van der Waals surface area (Å²) in [4.78, 5) is 23.9. The van der Waals surface area contributed by atoms with Gasteiger partial charge in [0, 0.05) is 5.92 Å². The second-order valence-electron chi connectivity index (χ2n) is 6.39. The Kier molecular flexibility index (Phi) is 4.48. The molecule has 2 aliphatic carbocycles. The highest BCUT2D eigenvalue weighted by Crippen LogP contribution is 2.33. The van der Waals surface area contributed by atoms with Crippen LogP contribution in [0.15, 0.2) is 0 Å². The Balaban J connectivity index is 2.00. The Bertz CT molecular complexity index is 339. The summed E-state index contributed by atoms with van der Waals surface area (Å²) in [6.45, 7) is 2.15. The molecule has 0 saturated heterocycles. The average molecular weight is 267 g/mol. The van der Waals surface area contributed by atoms with Gasteiger partial charge in [0.1, 0.15) is 5.54 Å². The van der Waals surface area contributed by atoms with E-state index in [-0.39, 0.29) is 11.8 Å². The summed E-state index contributed by atoms with van der Waals surface area (Å²) < 4.78 is 0. The number of amides is 1. The van der Waals surface area contributed by atoms with E-state index in [1.807, 2.05) is 0 Å². The molecule has 108 valence electrons. The van der Waals surface area contributed by atoms with E-state index in [2.05, 4.69) is 12.2 Å². The van der Waals surface area contributed by atoms with E-state index in [1.165, 1.54) is 6.42 Å². The fraction of sp³-hybridized carbons (Fsp3) is 0.867. The monoisotopic (exact) mass is 267 g/mol. The van der Waals surface area contributed by atoms with Crippen molar-refractivity contribution in [3.05, 3.63) is 0 Å². The van der Waals surface area contributed by atoms with Crippen molar-refractivity contribution < 1.29 is 14.7 Å². The van der Waals surface area contributed by atoms with Crippen molar-refractivity contribution in [1.29, 1.82) is 0 Å². The lowest BCUT2D eigenvalue weighted by Crippen LogP contribution is -2.57. The first-order chi connectivity index (χ1) is 9.03. The lowest BCUT2D eigenvalue weighted by atomic mass is 9.76. The predicted octanol–water partition coefficient (Wildman–Crippen LogP) is 2.72. The van der Waals surface area contributed by atoms with Gasteiger partial charge in [0.2, 0.25) is 5.91 Å². The Morgan fingerprint density at radius 3 is 2.16 bits per heavy atom. The van der Waals surface area contributed by atoms with E-state index in [4.69, 9.17) is 0 Å². The van der Waals surface area contributed by atoms with Gasteiger partial charge in [-0.2, -0.15) is 0 Å². The summed E-state index contributed by atoms with van der Waals surface area (Å²) in [5.41, 5.74) is -0.999. The molecule has 19 heavy (non-hydrogen) atoms. The van der Waals surface area contributed by atoms with Gasteiger partial charge in [-0.15, -0.1) is 0 Å². The SMILES string of the molecule is CC1CCC(NC(=O)C2CCCCC2)(C(=O)O)CC1. The van der Waals surface area contributed by atoms with Gasteiger partial charge in [-0.25, -0.2) is 4.79 Å². The molecule has 0 bridgehead atoms. The van der Waals surface area contributed by atoms with Crippen LogP contribution in [0.5, 0.6) is 0 Å². The molecule has 0 aromatic rings. The van der Waals surface area contributed by atoms with Crippen LogP contribution in [-0.4, -0.2) is 22.5 Å². The van der Waals surface area contributed by atoms with Gasteiger partial charge in [-0.3, -0.25) is 4.79 Å². The minimum Gasteiger partial charge on any atom is -0.480 e. The van der Waals surface area contributed by atoms with Crippen LogP contribution in [0.25, 0.3) is 0 Å². The molecule has 0 aliphatic heterocycles. The molecule has 0 spiro atoms. The van der Waals surface area contributed by atoms with Gasteiger partial charge in [-0.1, -0.05) is 26.2 Å². The number of carboxylic acid groups (broad SMARTS) is 1. The van der Waals surface area contributed by atoms with E-state index in [1.54, 1.807) is 0 Å². The fourth-order valence-electron chi connectivity index (χ4n) is 3.35. The van der Waals surface area contributed by atoms with Crippen LogP contribution >= 0.6 is 0 Å². The highest BCUT2D eigenvalue weighted by molar-refractivity contribution is 5.88. The van der Waals surface area contributed by atoms with Gasteiger partial charge in [0.05, 0.1) is 0 Å². The Labute approximate surface area is 115 Å². The molecule has 2 N–H and O–H groups in total. The van der Waals surface area contributed by atoms with Crippen LogP contribution in [0.2, 0.25) is 0 Å². The van der Waals surface area contributed by atoms with E-state index in [0.717, 1.165) is 38.5 Å². The Morgan fingerprint density at radius 2 is 1.63 bits per heavy atom. The molecule has 2 aliphatic rings. The average Bonchev–Trinajstić information content (AvgIpc) is 2.42. The first-order valence-corrected chi connectivity index (χ1v) is 7.59. The van der Waals surface area contributed by atoms with E-state index in [0.29, 0.717) is 18.8 Å². The molecule has 0 aromatic carbocycles. The number of carbonyl (C=O) groups excluding carboxylic acids is 1. The summed E-state index contributed by atoms with van der Waals surface area (Å²) in [5, 5.41) is 12.4. The lowest BCUT2D eigenvalue weighted by molar-refractivity contribution is -0.150. The smallest absolute Gasteiger partial charge is 0.329 e. The molecule has 0 heterocycles. The summed E-state index contributed by atoms with van der Waals surface area (Å²) in [7, 11) is 0. The first kappa shape index (κ1) is 14.4. The number of carbonyl (C=O) groups is 2. The van der Waals surface area contributed by atoms with Crippen molar-refractivity contribution in [2.24, 2.45) is 11.8 Å². The van der Waals surface area contributed by atoms with Gasteiger partial charge in [-0.05, 0) is 44.4 Å². The topological polar surface area (TPSA) is 66.4 Å². The van der Waals surface area contributed by atoms with Gasteiger partial charge in [0.25, 0.3) is 0 Å². The third-order valence-corrected chi connectivity index (χ3v) is 4.88. The van der Waals surface area contributed by atoms with Crippen molar-refractivity contribution in [1.82, 2.24) is 5.32 Å². The summed E-state index contributed by atoms with van der Waals surface area (Å²) in [6.07, 6.45) is 8.13. The van der Waals surface area contributed by atoms with Crippen LogP contribution in [-0.2, 0) is 9.59 Å². The minimum atomic E-state index is -0.999. The van der Waals surface area contributed by atoms with Crippen molar-refractivity contribution in [3.63, 3.8) is 0 Å². The molecule has 1 amide bonds. The van der Waals surface area contributed by atoms with Crippen molar-refractivity contribution in [3.8, 4) is 0 Å². The molecule has 2 fully saturated rings. The largest absolute Gasteiger partial charge is 0.480 e. The molecule has 0 unspecified atom stereocenters. The minimum absolute atomic E-state index is 0.0309. The van der Waals surface area contributed by atoms with Crippen LogP contribution < -0.4 is 5.32 Å². The summed E-state index contributed by atoms with van der Waals surface area (Å²) in [5.74, 6) is -0.288. The van der Waals surface area contributed by atoms with E-state index < -0.39 is 11.5 Å². The Hall–Kier alpha value is -1.06. The van der Waals surface area contributed by atoms with Crippen molar-refractivity contribution >= 4 is 11.9 Å². The zero-order valence-electron chi connectivity index (χ0n) is 11.8. The molecular formula is C15H25NO3. The molecule has 4 heteroatoms. The Morgan fingerprint density at radius 1 is 1.05 bits per heavy atom. The fourth-order valence-corrected chi connectivity index (χ4v) is 3.35. The van der Waals surface area contributed by atoms with Crippen molar-refractivity contribution in [2.75, 3.05) is 0 Å².